The van der Waals surface area contributed by atoms with Crippen LogP contribution < -0.4 is 21.7 Å². The normalized spacial score (nSPS) is 10.7. The van der Waals surface area contributed by atoms with E-state index in [0.29, 0.717) is 24.6 Å². The Morgan fingerprint density at radius 2 is 1.86 bits per heavy atom. The van der Waals surface area contributed by atoms with E-state index in [4.69, 9.17) is 5.73 Å². The number of nitrogens with zero attached hydrogens (tertiary/aromatic N) is 3. The number of halogens is 1. The largest absolute Gasteiger partial charge is 0.368 e. The first-order chi connectivity index (χ1) is 13.0. The molecule has 0 bridgehead atoms. The number of nitrogens with two attached hydrogens (primary N) is 1. The summed E-state index contributed by atoms with van der Waals surface area (Å²) < 4.78 is 1.80. The molecule has 0 atom stereocenters. The average Bonchev–Trinajstić information content (AvgIpc) is 3.07. The van der Waals surface area contributed by atoms with Crippen LogP contribution in [-0.2, 0) is 24.9 Å². The molecule has 1 heterocycles. The van der Waals surface area contributed by atoms with Crippen LogP contribution in [0.15, 0.2) is 41.5 Å². The third-order valence-corrected chi connectivity index (χ3v) is 3.76. The van der Waals surface area contributed by atoms with Crippen LogP contribution in [0.5, 0.6) is 0 Å². The molecule has 0 radical (unpaired) electrons. The van der Waals surface area contributed by atoms with Gasteiger partial charge >= 0.3 is 0 Å². The number of hydrogen-bond donors (Lipinski definition) is 4. The third kappa shape index (κ3) is 7.55. The summed E-state index contributed by atoms with van der Waals surface area (Å²) in [6, 6.07) is 8.98. The quantitative estimate of drug-likeness (QED) is 0.239. The molecule has 0 aliphatic rings. The summed E-state index contributed by atoms with van der Waals surface area (Å²) in [5.74, 6) is -0.221. The fourth-order valence-electron chi connectivity index (χ4n) is 2.29. The van der Waals surface area contributed by atoms with Crippen molar-refractivity contribution in [2.75, 3.05) is 13.1 Å². The van der Waals surface area contributed by atoms with Gasteiger partial charge in [0.25, 0.3) is 5.91 Å². The minimum atomic E-state index is -0.580. The molecular formula is C18H26IN7O2. The molecule has 0 fully saturated rings. The van der Waals surface area contributed by atoms with E-state index < -0.39 is 5.91 Å². The number of rotatable bonds is 8. The number of guanidine groups is 1. The molecule has 2 rings (SSSR count). The Hall–Kier alpha value is -2.63. The number of hydrogen-bond acceptors (Lipinski definition) is 4. The molecule has 0 saturated heterocycles. The molecular weight excluding hydrogens is 473 g/mol. The van der Waals surface area contributed by atoms with Crippen molar-refractivity contribution in [3.05, 3.63) is 53.3 Å². The van der Waals surface area contributed by atoms with Crippen molar-refractivity contribution < 1.29 is 9.59 Å². The molecule has 2 aromatic rings. The van der Waals surface area contributed by atoms with E-state index in [-0.39, 0.29) is 36.4 Å². The van der Waals surface area contributed by atoms with Gasteiger partial charge in [0.15, 0.2) is 5.96 Å². The molecule has 28 heavy (non-hydrogen) atoms. The molecule has 0 aliphatic carbocycles. The second-order valence-electron chi connectivity index (χ2n) is 5.84. The van der Waals surface area contributed by atoms with Crippen molar-refractivity contribution in [1.82, 2.24) is 25.7 Å². The van der Waals surface area contributed by atoms with Gasteiger partial charge in [-0.2, -0.15) is 5.10 Å². The Bertz CT molecular complexity index is 803. The summed E-state index contributed by atoms with van der Waals surface area (Å²) >= 11 is 0. The van der Waals surface area contributed by atoms with Gasteiger partial charge in [-0.15, -0.1) is 24.0 Å². The van der Waals surface area contributed by atoms with Gasteiger partial charge in [-0.25, -0.2) is 4.99 Å². The topological polar surface area (TPSA) is 126 Å². The maximum Gasteiger partial charge on any atom is 0.251 e. The number of amides is 2. The minimum Gasteiger partial charge on any atom is -0.368 e. The molecule has 0 saturated carbocycles. The number of aromatic nitrogens is 2. The molecule has 2 amide bonds. The van der Waals surface area contributed by atoms with Crippen LogP contribution in [0.3, 0.4) is 0 Å². The lowest BCUT2D eigenvalue weighted by molar-refractivity contribution is -0.117. The molecule has 0 unspecified atom stereocenters. The van der Waals surface area contributed by atoms with Crippen LogP contribution in [-0.4, -0.2) is 40.6 Å². The standard InChI is InChI=1S/C18H25N7O2.HI/c1-3-20-18(23-11-15-8-9-24-25(15)2)22-10-13-4-6-14(7-5-13)17(27)21-12-16(19)26;/h4-9H,3,10-12H2,1-2H3,(H2,19,26)(H,21,27)(H2,20,22,23);1H. The Balaban J connectivity index is 0.00000392. The molecule has 5 N–H and O–H groups in total. The highest BCUT2D eigenvalue weighted by molar-refractivity contribution is 14.0. The fourth-order valence-corrected chi connectivity index (χ4v) is 2.29. The van der Waals surface area contributed by atoms with E-state index in [2.05, 4.69) is 26.0 Å². The van der Waals surface area contributed by atoms with Crippen LogP contribution in [0.25, 0.3) is 0 Å². The zero-order chi connectivity index (χ0) is 19.6. The summed E-state index contributed by atoms with van der Waals surface area (Å²) in [4.78, 5) is 27.1. The first-order valence-electron chi connectivity index (χ1n) is 8.64. The summed E-state index contributed by atoms with van der Waals surface area (Å²) in [5, 5.41) is 13.0. The summed E-state index contributed by atoms with van der Waals surface area (Å²) in [5.41, 5.74) is 7.48. The smallest absolute Gasteiger partial charge is 0.251 e. The Morgan fingerprint density at radius 1 is 1.14 bits per heavy atom. The van der Waals surface area contributed by atoms with E-state index >= 15 is 0 Å². The highest BCUT2D eigenvalue weighted by Crippen LogP contribution is 2.06. The number of carbonyl (C=O) groups is 2. The number of primary amides is 1. The number of nitrogens with one attached hydrogen (secondary N) is 3. The van der Waals surface area contributed by atoms with Crippen LogP contribution in [0.4, 0.5) is 0 Å². The molecule has 9 nitrogen and oxygen atoms in total. The average molecular weight is 499 g/mol. The van der Waals surface area contributed by atoms with Crippen molar-refractivity contribution in [3.8, 4) is 0 Å². The Labute approximate surface area is 181 Å². The summed E-state index contributed by atoms with van der Waals surface area (Å²) in [6.45, 7) is 3.64. The van der Waals surface area contributed by atoms with Crippen molar-refractivity contribution in [3.63, 3.8) is 0 Å². The molecule has 152 valence electrons. The molecule has 10 heteroatoms. The monoisotopic (exact) mass is 499 g/mol. The lowest BCUT2D eigenvalue weighted by atomic mass is 10.1. The Morgan fingerprint density at radius 3 is 2.43 bits per heavy atom. The molecule has 1 aromatic heterocycles. The van der Waals surface area contributed by atoms with Crippen molar-refractivity contribution in [2.45, 2.75) is 20.0 Å². The van der Waals surface area contributed by atoms with Gasteiger partial charge in [0.1, 0.15) is 0 Å². The predicted molar refractivity (Wildman–Crippen MR) is 118 cm³/mol. The summed E-state index contributed by atoms with van der Waals surface area (Å²) in [6.07, 6.45) is 1.75. The summed E-state index contributed by atoms with van der Waals surface area (Å²) in [7, 11) is 1.89. The highest BCUT2D eigenvalue weighted by atomic mass is 127. The van der Waals surface area contributed by atoms with Crippen LogP contribution in [0, 0.1) is 0 Å². The highest BCUT2D eigenvalue weighted by Gasteiger charge is 2.06. The van der Waals surface area contributed by atoms with E-state index in [0.717, 1.165) is 17.8 Å². The number of aliphatic imine (C=N–C) groups is 1. The lowest BCUT2D eigenvalue weighted by Crippen LogP contribution is -2.37. The van der Waals surface area contributed by atoms with Crippen molar-refractivity contribution in [1.29, 1.82) is 0 Å². The lowest BCUT2D eigenvalue weighted by Gasteiger charge is -2.11. The number of carbonyl (C=O) groups excluding carboxylic acids is 2. The zero-order valence-electron chi connectivity index (χ0n) is 15.9. The molecule has 1 aromatic carbocycles. The first kappa shape index (κ1) is 23.4. The number of benzene rings is 1. The van der Waals surface area contributed by atoms with E-state index in [9.17, 15) is 9.59 Å². The van der Waals surface area contributed by atoms with Gasteiger partial charge in [0.2, 0.25) is 5.91 Å². The van der Waals surface area contributed by atoms with E-state index in [1.54, 1.807) is 23.0 Å². The minimum absolute atomic E-state index is 0. The van der Waals surface area contributed by atoms with E-state index in [1.807, 2.05) is 32.2 Å². The van der Waals surface area contributed by atoms with Crippen molar-refractivity contribution >= 4 is 41.8 Å². The van der Waals surface area contributed by atoms with Gasteiger partial charge in [-0.3, -0.25) is 14.3 Å². The van der Waals surface area contributed by atoms with E-state index in [1.165, 1.54) is 0 Å². The SMILES string of the molecule is CCNC(=NCc1ccc(C(=O)NCC(N)=O)cc1)NCc1ccnn1C.I. The predicted octanol–water partition coefficient (Wildman–Crippen LogP) is 0.509. The van der Waals surface area contributed by atoms with Gasteiger partial charge in [-0.05, 0) is 30.7 Å². The van der Waals surface area contributed by atoms with Gasteiger partial charge < -0.3 is 21.7 Å². The van der Waals surface area contributed by atoms with Gasteiger partial charge in [0, 0.05) is 25.4 Å². The zero-order valence-corrected chi connectivity index (χ0v) is 18.3. The Kier molecular flexibility index (Phi) is 9.99. The van der Waals surface area contributed by atoms with Crippen LogP contribution in [0.2, 0.25) is 0 Å². The third-order valence-electron chi connectivity index (χ3n) is 3.76. The maximum atomic E-state index is 11.9. The molecule has 0 aliphatic heterocycles. The first-order valence-corrected chi connectivity index (χ1v) is 8.64. The van der Waals surface area contributed by atoms with Gasteiger partial charge in [0.05, 0.1) is 25.3 Å². The van der Waals surface area contributed by atoms with Crippen LogP contribution >= 0.6 is 24.0 Å². The maximum absolute atomic E-state index is 11.9. The fraction of sp³-hybridized carbons (Fsp3) is 0.333. The molecule has 0 spiro atoms. The second kappa shape index (κ2) is 12.0. The van der Waals surface area contributed by atoms with Crippen molar-refractivity contribution in [2.24, 2.45) is 17.8 Å². The number of aryl methyl sites for hydroxylation is 1. The van der Waals surface area contributed by atoms with Gasteiger partial charge in [-0.1, -0.05) is 12.1 Å². The second-order valence-corrected chi connectivity index (χ2v) is 5.84. The van der Waals surface area contributed by atoms with Crippen LogP contribution in [0.1, 0.15) is 28.5 Å².